The monoisotopic (exact) mass is 372 g/mol. The summed E-state index contributed by atoms with van der Waals surface area (Å²) >= 11 is 0. The number of carbonyl (C=O) groups is 1. The van der Waals surface area contributed by atoms with Gasteiger partial charge in [-0.15, -0.1) is 0 Å². The summed E-state index contributed by atoms with van der Waals surface area (Å²) in [4.78, 5) is 17.2. The summed E-state index contributed by atoms with van der Waals surface area (Å²) in [6.45, 7) is 3.97. The number of oxazole rings is 1. The van der Waals surface area contributed by atoms with E-state index in [1.54, 1.807) is 31.4 Å². The summed E-state index contributed by atoms with van der Waals surface area (Å²) in [6.07, 6.45) is 0. The molecule has 3 aromatic carbocycles. The number of amides is 1. The Labute approximate surface area is 163 Å². The van der Waals surface area contributed by atoms with Gasteiger partial charge in [-0.05, 0) is 73.5 Å². The molecule has 28 heavy (non-hydrogen) atoms. The zero-order valence-corrected chi connectivity index (χ0v) is 15.9. The van der Waals surface area contributed by atoms with E-state index in [-0.39, 0.29) is 5.91 Å². The van der Waals surface area contributed by atoms with E-state index in [9.17, 15) is 4.79 Å². The highest BCUT2D eigenvalue weighted by Crippen LogP contribution is 2.28. The van der Waals surface area contributed by atoms with E-state index in [4.69, 9.17) is 9.15 Å². The van der Waals surface area contributed by atoms with Gasteiger partial charge in [0.25, 0.3) is 5.91 Å². The lowest BCUT2D eigenvalue weighted by Crippen LogP contribution is -2.12. The second-order valence-electron chi connectivity index (χ2n) is 6.70. The van der Waals surface area contributed by atoms with Crippen molar-refractivity contribution in [3.63, 3.8) is 0 Å². The predicted octanol–water partition coefficient (Wildman–Crippen LogP) is 5.37. The van der Waals surface area contributed by atoms with Crippen LogP contribution in [0.1, 0.15) is 21.5 Å². The maximum Gasteiger partial charge on any atom is 0.255 e. The maximum absolute atomic E-state index is 12.6. The number of aromatic nitrogens is 1. The van der Waals surface area contributed by atoms with Crippen molar-refractivity contribution in [2.75, 3.05) is 12.4 Å². The Kier molecular flexibility index (Phi) is 4.57. The van der Waals surface area contributed by atoms with Crippen LogP contribution in [0.2, 0.25) is 0 Å². The van der Waals surface area contributed by atoms with Crippen LogP contribution in [0.4, 0.5) is 5.69 Å². The number of hydrogen-bond acceptors (Lipinski definition) is 4. The molecule has 0 unspecified atom stereocenters. The van der Waals surface area contributed by atoms with Gasteiger partial charge in [-0.3, -0.25) is 4.79 Å². The number of ether oxygens (including phenoxy) is 1. The number of benzene rings is 3. The summed E-state index contributed by atoms with van der Waals surface area (Å²) in [5.41, 5.74) is 5.73. The van der Waals surface area contributed by atoms with Gasteiger partial charge in [0.2, 0.25) is 5.89 Å². The lowest BCUT2D eigenvalue weighted by molar-refractivity contribution is 0.102. The van der Waals surface area contributed by atoms with E-state index in [2.05, 4.69) is 10.3 Å². The van der Waals surface area contributed by atoms with Crippen molar-refractivity contribution in [3.8, 4) is 17.2 Å². The van der Waals surface area contributed by atoms with E-state index >= 15 is 0 Å². The average Bonchev–Trinajstić information content (AvgIpc) is 3.12. The van der Waals surface area contributed by atoms with Crippen LogP contribution in [-0.4, -0.2) is 18.0 Å². The molecule has 0 saturated carbocycles. The minimum Gasteiger partial charge on any atom is -0.497 e. The molecule has 0 spiro atoms. The highest BCUT2D eigenvalue weighted by molar-refractivity contribution is 6.05. The van der Waals surface area contributed by atoms with E-state index in [0.717, 1.165) is 33.5 Å². The first-order chi connectivity index (χ1) is 13.5. The van der Waals surface area contributed by atoms with Gasteiger partial charge in [0.15, 0.2) is 5.58 Å². The summed E-state index contributed by atoms with van der Waals surface area (Å²) in [5, 5.41) is 2.97. The number of anilines is 1. The van der Waals surface area contributed by atoms with Crippen molar-refractivity contribution in [3.05, 3.63) is 77.4 Å². The van der Waals surface area contributed by atoms with Crippen LogP contribution in [0.25, 0.3) is 22.6 Å². The molecule has 0 aliphatic heterocycles. The Bertz CT molecular complexity index is 1160. The Hall–Kier alpha value is -3.60. The van der Waals surface area contributed by atoms with Crippen molar-refractivity contribution in [1.82, 2.24) is 4.98 Å². The van der Waals surface area contributed by atoms with Crippen molar-refractivity contribution < 1.29 is 13.9 Å². The lowest BCUT2D eigenvalue weighted by atomic mass is 10.1. The summed E-state index contributed by atoms with van der Waals surface area (Å²) < 4.78 is 11.0. The van der Waals surface area contributed by atoms with Gasteiger partial charge < -0.3 is 14.5 Å². The molecule has 0 saturated heterocycles. The molecule has 140 valence electrons. The fourth-order valence-corrected chi connectivity index (χ4v) is 2.99. The quantitative estimate of drug-likeness (QED) is 0.523. The predicted molar refractivity (Wildman–Crippen MR) is 110 cm³/mol. The smallest absolute Gasteiger partial charge is 0.255 e. The molecule has 1 amide bonds. The number of nitrogens with one attached hydrogen (secondary N) is 1. The van der Waals surface area contributed by atoms with Crippen molar-refractivity contribution >= 4 is 22.7 Å². The van der Waals surface area contributed by atoms with E-state index in [0.29, 0.717) is 17.2 Å². The number of hydrogen-bond donors (Lipinski definition) is 1. The first-order valence-electron chi connectivity index (χ1n) is 8.97. The third-order valence-corrected chi connectivity index (χ3v) is 4.63. The number of methoxy groups -OCH3 is 1. The molecule has 5 nitrogen and oxygen atoms in total. The van der Waals surface area contributed by atoms with Crippen LogP contribution in [0, 0.1) is 13.8 Å². The Morgan fingerprint density at radius 2 is 1.79 bits per heavy atom. The van der Waals surface area contributed by atoms with Gasteiger partial charge in [-0.1, -0.05) is 12.1 Å². The molecule has 4 aromatic rings. The summed E-state index contributed by atoms with van der Waals surface area (Å²) in [6, 6.07) is 18.7. The van der Waals surface area contributed by atoms with Gasteiger partial charge in [-0.25, -0.2) is 4.98 Å². The molecule has 1 aromatic heterocycles. The summed E-state index contributed by atoms with van der Waals surface area (Å²) in [5.74, 6) is 1.05. The molecule has 0 aliphatic rings. The Morgan fingerprint density at radius 1 is 1.00 bits per heavy atom. The maximum atomic E-state index is 12.6. The molecule has 0 atom stereocenters. The van der Waals surface area contributed by atoms with Crippen LogP contribution in [0.3, 0.4) is 0 Å². The highest BCUT2D eigenvalue weighted by atomic mass is 16.5. The zero-order chi connectivity index (χ0) is 19.7. The normalized spacial score (nSPS) is 10.8. The van der Waals surface area contributed by atoms with Gasteiger partial charge in [-0.2, -0.15) is 0 Å². The largest absolute Gasteiger partial charge is 0.497 e. The van der Waals surface area contributed by atoms with Crippen LogP contribution in [-0.2, 0) is 0 Å². The molecule has 1 N–H and O–H groups in total. The lowest BCUT2D eigenvalue weighted by Gasteiger charge is -2.10. The fourth-order valence-electron chi connectivity index (χ4n) is 2.99. The minimum atomic E-state index is -0.184. The van der Waals surface area contributed by atoms with Crippen LogP contribution in [0.15, 0.2) is 65.1 Å². The molecule has 1 heterocycles. The Morgan fingerprint density at radius 3 is 2.54 bits per heavy atom. The average molecular weight is 372 g/mol. The summed E-state index contributed by atoms with van der Waals surface area (Å²) in [7, 11) is 1.59. The molecular formula is C23H20N2O3. The molecule has 0 aliphatic carbocycles. The minimum absolute atomic E-state index is 0.184. The first kappa shape index (κ1) is 17.8. The van der Waals surface area contributed by atoms with Crippen molar-refractivity contribution in [2.24, 2.45) is 0 Å². The molecule has 4 rings (SSSR count). The van der Waals surface area contributed by atoms with E-state index in [1.165, 1.54) is 0 Å². The van der Waals surface area contributed by atoms with E-state index in [1.807, 2.05) is 50.2 Å². The topological polar surface area (TPSA) is 64.4 Å². The second-order valence-corrected chi connectivity index (χ2v) is 6.70. The highest BCUT2D eigenvalue weighted by Gasteiger charge is 2.13. The standard InChI is InChI=1S/C23H20N2O3/c1-14-4-11-21-20(12-14)25-23(28-21)17-6-5-15(2)19(13-17)24-22(26)16-7-9-18(27-3)10-8-16/h4-13H,1-3H3,(H,24,26). The van der Waals surface area contributed by atoms with Gasteiger partial charge in [0, 0.05) is 16.8 Å². The Balaban J connectivity index is 1.63. The molecule has 5 heteroatoms. The van der Waals surface area contributed by atoms with Crippen LogP contribution >= 0.6 is 0 Å². The van der Waals surface area contributed by atoms with Gasteiger partial charge in [0.05, 0.1) is 7.11 Å². The third kappa shape index (κ3) is 3.47. The fraction of sp³-hybridized carbons (Fsp3) is 0.130. The van der Waals surface area contributed by atoms with Crippen molar-refractivity contribution in [1.29, 1.82) is 0 Å². The molecule has 0 fully saturated rings. The number of fused-ring (bicyclic) bond motifs is 1. The third-order valence-electron chi connectivity index (χ3n) is 4.63. The number of rotatable bonds is 4. The number of carbonyl (C=O) groups excluding carboxylic acids is 1. The number of aryl methyl sites for hydroxylation is 2. The second kappa shape index (κ2) is 7.19. The molecule has 0 bridgehead atoms. The number of nitrogens with zero attached hydrogens (tertiary/aromatic N) is 1. The zero-order valence-electron chi connectivity index (χ0n) is 15.9. The van der Waals surface area contributed by atoms with Crippen LogP contribution < -0.4 is 10.1 Å². The van der Waals surface area contributed by atoms with Gasteiger partial charge >= 0.3 is 0 Å². The first-order valence-corrected chi connectivity index (χ1v) is 8.97. The van der Waals surface area contributed by atoms with Crippen molar-refractivity contribution in [2.45, 2.75) is 13.8 Å². The SMILES string of the molecule is COc1ccc(C(=O)Nc2cc(-c3nc4cc(C)ccc4o3)ccc2C)cc1. The van der Waals surface area contributed by atoms with Gasteiger partial charge in [0.1, 0.15) is 11.3 Å². The van der Waals surface area contributed by atoms with Crippen LogP contribution in [0.5, 0.6) is 5.75 Å². The molecular weight excluding hydrogens is 352 g/mol. The van der Waals surface area contributed by atoms with E-state index < -0.39 is 0 Å². The molecule has 0 radical (unpaired) electrons.